The Morgan fingerprint density at radius 1 is 0.944 bits per heavy atom. The van der Waals surface area contributed by atoms with Gasteiger partial charge < -0.3 is 14.2 Å². The highest BCUT2D eigenvalue weighted by Crippen LogP contribution is 1.85. The van der Waals surface area contributed by atoms with Crippen molar-refractivity contribution in [1.82, 2.24) is 0 Å². The van der Waals surface area contributed by atoms with Crippen LogP contribution in [0.2, 0.25) is 0 Å². The van der Waals surface area contributed by atoms with E-state index in [1.807, 2.05) is 36.4 Å². The van der Waals surface area contributed by atoms with Crippen molar-refractivity contribution < 1.29 is 19.0 Å². The van der Waals surface area contributed by atoms with Gasteiger partial charge in [-0.2, -0.15) is 0 Å². The Labute approximate surface area is 109 Å². The first-order chi connectivity index (χ1) is 8.77. The molecule has 18 heavy (non-hydrogen) atoms. The minimum Gasteiger partial charge on any atom is -0.466 e. The highest BCUT2D eigenvalue weighted by Gasteiger charge is 1.94. The molecule has 1 heterocycles. The van der Waals surface area contributed by atoms with E-state index in [1.165, 1.54) is 6.92 Å². The SMILES string of the molecule is C1COCCO1.CCOC(C)=O.c1ccccc1. The molecule has 1 saturated heterocycles. The fraction of sp³-hybridized carbons (Fsp3) is 0.500. The number of ether oxygens (including phenoxy) is 3. The molecule has 1 aliphatic heterocycles. The molecule has 0 spiro atoms. The normalized spacial score (nSPS) is 13.2. The van der Waals surface area contributed by atoms with E-state index in [2.05, 4.69) is 4.74 Å². The fourth-order valence-electron chi connectivity index (χ4n) is 1.03. The molecule has 102 valence electrons. The number of benzene rings is 1. The minimum atomic E-state index is -0.211. The summed E-state index contributed by atoms with van der Waals surface area (Å²) in [7, 11) is 0. The predicted octanol–water partition coefficient (Wildman–Crippen LogP) is 2.29. The number of rotatable bonds is 1. The summed E-state index contributed by atoms with van der Waals surface area (Å²) in [4.78, 5) is 9.82. The standard InChI is InChI=1S/C6H6.2C4H8O2/c1-2-4-6-5-3-1;1-2-6-4-3-5-1;1-3-6-4(2)5/h1-6H;1-4H2;3H2,1-2H3. The van der Waals surface area contributed by atoms with Gasteiger partial charge in [-0.1, -0.05) is 36.4 Å². The lowest BCUT2D eigenvalue weighted by molar-refractivity contribution is -0.140. The van der Waals surface area contributed by atoms with Crippen molar-refractivity contribution in [2.75, 3.05) is 33.0 Å². The van der Waals surface area contributed by atoms with E-state index in [0.29, 0.717) is 6.61 Å². The third-order valence-electron chi connectivity index (χ3n) is 1.76. The first-order valence-electron chi connectivity index (χ1n) is 6.06. The molecule has 2 rings (SSSR count). The van der Waals surface area contributed by atoms with Gasteiger partial charge in [0.15, 0.2) is 0 Å². The molecule has 0 radical (unpaired) electrons. The van der Waals surface area contributed by atoms with Gasteiger partial charge in [0.2, 0.25) is 0 Å². The minimum absolute atomic E-state index is 0.211. The molecule has 0 bridgehead atoms. The topological polar surface area (TPSA) is 44.8 Å². The van der Waals surface area contributed by atoms with Gasteiger partial charge in [0.1, 0.15) is 0 Å². The van der Waals surface area contributed by atoms with E-state index >= 15 is 0 Å². The Hall–Kier alpha value is -1.39. The molecular weight excluding hydrogens is 232 g/mol. The maximum Gasteiger partial charge on any atom is 0.302 e. The third kappa shape index (κ3) is 14.6. The summed E-state index contributed by atoms with van der Waals surface area (Å²) in [5, 5.41) is 0. The van der Waals surface area contributed by atoms with Crippen molar-refractivity contribution in [2.45, 2.75) is 13.8 Å². The molecular formula is C14H22O4. The molecule has 0 amide bonds. The molecule has 1 fully saturated rings. The van der Waals surface area contributed by atoms with Gasteiger partial charge in [-0.05, 0) is 6.92 Å². The van der Waals surface area contributed by atoms with Crippen LogP contribution in [-0.4, -0.2) is 39.0 Å². The summed E-state index contributed by atoms with van der Waals surface area (Å²) >= 11 is 0. The summed E-state index contributed by atoms with van der Waals surface area (Å²) in [5.41, 5.74) is 0. The zero-order valence-electron chi connectivity index (χ0n) is 11.1. The Balaban J connectivity index is 0.000000241. The lowest BCUT2D eigenvalue weighted by Crippen LogP contribution is -2.16. The average Bonchev–Trinajstić information content (AvgIpc) is 2.44. The van der Waals surface area contributed by atoms with E-state index in [1.54, 1.807) is 6.92 Å². The van der Waals surface area contributed by atoms with Gasteiger partial charge in [0.25, 0.3) is 0 Å². The van der Waals surface area contributed by atoms with Crippen LogP contribution < -0.4 is 0 Å². The van der Waals surface area contributed by atoms with Crippen LogP contribution in [0.5, 0.6) is 0 Å². The molecule has 0 N–H and O–H groups in total. The van der Waals surface area contributed by atoms with Crippen LogP contribution in [0.25, 0.3) is 0 Å². The number of carbonyl (C=O) groups is 1. The Kier molecular flexibility index (Phi) is 12.6. The van der Waals surface area contributed by atoms with Gasteiger partial charge in [-0.15, -0.1) is 0 Å². The van der Waals surface area contributed by atoms with Crippen LogP contribution in [0.15, 0.2) is 36.4 Å². The van der Waals surface area contributed by atoms with Gasteiger partial charge in [0.05, 0.1) is 33.0 Å². The molecule has 0 aliphatic carbocycles. The zero-order chi connectivity index (χ0) is 13.5. The predicted molar refractivity (Wildman–Crippen MR) is 70.4 cm³/mol. The molecule has 1 aromatic rings. The monoisotopic (exact) mass is 254 g/mol. The van der Waals surface area contributed by atoms with Crippen LogP contribution in [0, 0.1) is 0 Å². The molecule has 0 aromatic heterocycles. The second kappa shape index (κ2) is 13.7. The second-order valence-corrected chi connectivity index (χ2v) is 3.30. The second-order valence-electron chi connectivity index (χ2n) is 3.30. The van der Waals surface area contributed by atoms with Gasteiger partial charge in [-0.3, -0.25) is 4.79 Å². The van der Waals surface area contributed by atoms with Crippen LogP contribution >= 0.6 is 0 Å². The lowest BCUT2D eigenvalue weighted by atomic mass is 10.4. The molecule has 1 aromatic carbocycles. The maximum atomic E-state index is 9.82. The molecule has 0 atom stereocenters. The summed E-state index contributed by atoms with van der Waals surface area (Å²) in [6.07, 6.45) is 0. The van der Waals surface area contributed by atoms with E-state index in [9.17, 15) is 4.79 Å². The highest BCUT2D eigenvalue weighted by atomic mass is 16.6. The summed E-state index contributed by atoms with van der Waals surface area (Å²) < 4.78 is 14.3. The molecule has 4 heteroatoms. The Morgan fingerprint density at radius 2 is 1.28 bits per heavy atom. The number of esters is 1. The zero-order valence-corrected chi connectivity index (χ0v) is 11.1. The Bertz CT molecular complexity index is 232. The van der Waals surface area contributed by atoms with Crippen LogP contribution in [0.4, 0.5) is 0 Å². The number of hydrogen-bond donors (Lipinski definition) is 0. The van der Waals surface area contributed by atoms with E-state index < -0.39 is 0 Å². The third-order valence-corrected chi connectivity index (χ3v) is 1.76. The molecule has 4 nitrogen and oxygen atoms in total. The van der Waals surface area contributed by atoms with Crippen molar-refractivity contribution in [3.05, 3.63) is 36.4 Å². The summed E-state index contributed by atoms with van der Waals surface area (Å²) in [6, 6.07) is 12.0. The Morgan fingerprint density at radius 3 is 1.39 bits per heavy atom. The van der Waals surface area contributed by atoms with Crippen molar-refractivity contribution in [3.63, 3.8) is 0 Å². The van der Waals surface area contributed by atoms with Crippen LogP contribution in [-0.2, 0) is 19.0 Å². The number of hydrogen-bond acceptors (Lipinski definition) is 4. The van der Waals surface area contributed by atoms with Gasteiger partial charge >= 0.3 is 5.97 Å². The summed E-state index contributed by atoms with van der Waals surface area (Å²) in [5.74, 6) is -0.211. The van der Waals surface area contributed by atoms with E-state index in [0.717, 1.165) is 26.4 Å². The van der Waals surface area contributed by atoms with E-state index in [4.69, 9.17) is 9.47 Å². The fourth-order valence-corrected chi connectivity index (χ4v) is 1.03. The summed E-state index contributed by atoms with van der Waals surface area (Å²) in [6.45, 7) is 6.76. The van der Waals surface area contributed by atoms with Gasteiger partial charge in [0, 0.05) is 6.92 Å². The molecule has 0 unspecified atom stereocenters. The van der Waals surface area contributed by atoms with Crippen LogP contribution in [0.3, 0.4) is 0 Å². The number of carbonyl (C=O) groups excluding carboxylic acids is 1. The average molecular weight is 254 g/mol. The van der Waals surface area contributed by atoms with E-state index in [-0.39, 0.29) is 5.97 Å². The lowest BCUT2D eigenvalue weighted by Gasteiger charge is -2.09. The first kappa shape index (κ1) is 16.6. The largest absolute Gasteiger partial charge is 0.466 e. The van der Waals surface area contributed by atoms with Gasteiger partial charge in [-0.25, -0.2) is 0 Å². The van der Waals surface area contributed by atoms with Crippen molar-refractivity contribution in [3.8, 4) is 0 Å². The van der Waals surface area contributed by atoms with Crippen LogP contribution in [0.1, 0.15) is 13.8 Å². The first-order valence-corrected chi connectivity index (χ1v) is 6.06. The smallest absolute Gasteiger partial charge is 0.302 e. The maximum absolute atomic E-state index is 9.82. The van der Waals surface area contributed by atoms with Crippen molar-refractivity contribution in [2.24, 2.45) is 0 Å². The van der Waals surface area contributed by atoms with Crippen molar-refractivity contribution in [1.29, 1.82) is 0 Å². The molecule has 0 saturated carbocycles. The quantitative estimate of drug-likeness (QED) is 0.721. The highest BCUT2D eigenvalue weighted by molar-refractivity contribution is 5.65. The molecule has 1 aliphatic rings. The van der Waals surface area contributed by atoms with Crippen molar-refractivity contribution >= 4 is 5.97 Å².